The monoisotopic (exact) mass is 269 g/mol. The molecule has 1 fully saturated rings. The van der Waals surface area contributed by atoms with E-state index in [1.807, 2.05) is 18.7 Å². The van der Waals surface area contributed by atoms with Gasteiger partial charge < -0.3 is 15.5 Å². The summed E-state index contributed by atoms with van der Waals surface area (Å²) in [5.74, 6) is 0.514. The second-order valence-corrected chi connectivity index (χ2v) is 5.77. The van der Waals surface area contributed by atoms with Crippen LogP contribution in [0.1, 0.15) is 40.5 Å². The molecule has 2 unspecified atom stereocenters. The number of hydrogen-bond donors (Lipinski definition) is 2. The summed E-state index contributed by atoms with van der Waals surface area (Å²) in [5.41, 5.74) is 0. The Kier molecular flexibility index (Phi) is 6.28. The second kappa shape index (κ2) is 7.48. The summed E-state index contributed by atoms with van der Waals surface area (Å²) in [4.78, 5) is 25.5. The fourth-order valence-electron chi connectivity index (χ4n) is 2.30. The molecule has 19 heavy (non-hydrogen) atoms. The first-order chi connectivity index (χ1) is 8.91. The van der Waals surface area contributed by atoms with Crippen LogP contribution < -0.4 is 10.6 Å². The van der Waals surface area contributed by atoms with Gasteiger partial charge in [-0.15, -0.1) is 0 Å². The van der Waals surface area contributed by atoms with E-state index < -0.39 is 0 Å². The molecule has 5 nitrogen and oxygen atoms in total. The third-order valence-electron chi connectivity index (χ3n) is 3.61. The number of hydrogen-bond acceptors (Lipinski definition) is 3. The van der Waals surface area contributed by atoms with Gasteiger partial charge in [0.1, 0.15) is 0 Å². The van der Waals surface area contributed by atoms with Crippen LogP contribution in [-0.4, -0.2) is 48.4 Å². The second-order valence-electron chi connectivity index (χ2n) is 5.77. The first-order valence-corrected chi connectivity index (χ1v) is 7.21. The number of carbonyl (C=O) groups excluding carboxylic acids is 2. The standard InChI is InChI=1S/C14H27N3O2/c1-10(2)9-13(18)16-6-5-14(19)17-8-7-15-11(3)12(17)4/h10-12,15H,5-9H2,1-4H3,(H,16,18). The average Bonchev–Trinajstić information content (AvgIpc) is 2.31. The molecular weight excluding hydrogens is 242 g/mol. The molecule has 0 bridgehead atoms. The van der Waals surface area contributed by atoms with Crippen LogP contribution in [0.15, 0.2) is 0 Å². The van der Waals surface area contributed by atoms with Crippen molar-refractivity contribution in [3.63, 3.8) is 0 Å². The number of nitrogens with one attached hydrogen (secondary N) is 2. The highest BCUT2D eigenvalue weighted by Gasteiger charge is 2.27. The molecule has 2 atom stereocenters. The van der Waals surface area contributed by atoms with E-state index in [2.05, 4.69) is 24.5 Å². The van der Waals surface area contributed by atoms with E-state index in [1.165, 1.54) is 0 Å². The van der Waals surface area contributed by atoms with Gasteiger partial charge in [0.05, 0.1) is 0 Å². The average molecular weight is 269 g/mol. The Morgan fingerprint density at radius 3 is 2.68 bits per heavy atom. The Hall–Kier alpha value is -1.10. The van der Waals surface area contributed by atoms with E-state index >= 15 is 0 Å². The van der Waals surface area contributed by atoms with Gasteiger partial charge in [0.2, 0.25) is 11.8 Å². The van der Waals surface area contributed by atoms with Crippen LogP contribution >= 0.6 is 0 Å². The van der Waals surface area contributed by atoms with E-state index in [4.69, 9.17) is 0 Å². The smallest absolute Gasteiger partial charge is 0.224 e. The maximum absolute atomic E-state index is 12.1. The molecule has 0 saturated carbocycles. The van der Waals surface area contributed by atoms with Gasteiger partial charge in [0.15, 0.2) is 0 Å². The summed E-state index contributed by atoms with van der Waals surface area (Å²) in [6, 6.07) is 0.542. The first-order valence-electron chi connectivity index (χ1n) is 7.21. The lowest BCUT2D eigenvalue weighted by Gasteiger charge is -2.38. The summed E-state index contributed by atoms with van der Waals surface area (Å²) in [6.45, 7) is 10.2. The van der Waals surface area contributed by atoms with Crippen molar-refractivity contribution < 1.29 is 9.59 Å². The van der Waals surface area contributed by atoms with Crippen LogP contribution in [-0.2, 0) is 9.59 Å². The van der Waals surface area contributed by atoms with Gasteiger partial charge in [-0.25, -0.2) is 0 Å². The molecule has 2 amide bonds. The quantitative estimate of drug-likeness (QED) is 0.774. The summed E-state index contributed by atoms with van der Waals surface area (Å²) in [6.07, 6.45) is 0.913. The topological polar surface area (TPSA) is 61.4 Å². The van der Waals surface area contributed by atoms with E-state index in [1.54, 1.807) is 0 Å². The van der Waals surface area contributed by atoms with Gasteiger partial charge in [-0.2, -0.15) is 0 Å². The van der Waals surface area contributed by atoms with Crippen molar-refractivity contribution in [1.29, 1.82) is 0 Å². The molecule has 1 aliphatic heterocycles. The third kappa shape index (κ3) is 5.19. The normalized spacial score (nSPS) is 23.5. The maximum atomic E-state index is 12.1. The fourth-order valence-corrected chi connectivity index (χ4v) is 2.30. The minimum atomic E-state index is 0.0320. The molecule has 0 aromatic heterocycles. The number of amides is 2. The molecular formula is C14H27N3O2. The Morgan fingerprint density at radius 2 is 2.05 bits per heavy atom. The Bertz CT molecular complexity index is 318. The van der Waals surface area contributed by atoms with Gasteiger partial charge in [-0.1, -0.05) is 13.8 Å². The van der Waals surface area contributed by atoms with Crippen LogP contribution in [0.2, 0.25) is 0 Å². The van der Waals surface area contributed by atoms with Gasteiger partial charge in [-0.05, 0) is 19.8 Å². The predicted molar refractivity (Wildman–Crippen MR) is 75.7 cm³/mol. The van der Waals surface area contributed by atoms with Crippen LogP contribution in [0.5, 0.6) is 0 Å². The highest BCUT2D eigenvalue weighted by Crippen LogP contribution is 2.10. The summed E-state index contributed by atoms with van der Waals surface area (Å²) < 4.78 is 0. The molecule has 1 saturated heterocycles. The minimum absolute atomic E-state index is 0.0320. The SMILES string of the molecule is CC(C)CC(=O)NCCC(=O)N1CCNC(C)C1C. The summed E-state index contributed by atoms with van der Waals surface area (Å²) in [7, 11) is 0. The highest BCUT2D eigenvalue weighted by molar-refractivity contribution is 5.79. The molecule has 2 N–H and O–H groups in total. The van der Waals surface area contributed by atoms with Crippen molar-refractivity contribution in [2.45, 2.75) is 52.6 Å². The molecule has 1 rings (SSSR count). The lowest BCUT2D eigenvalue weighted by atomic mass is 10.1. The highest BCUT2D eigenvalue weighted by atomic mass is 16.2. The Morgan fingerprint density at radius 1 is 1.37 bits per heavy atom. The third-order valence-corrected chi connectivity index (χ3v) is 3.61. The fraction of sp³-hybridized carbons (Fsp3) is 0.857. The van der Waals surface area contributed by atoms with Crippen molar-refractivity contribution in [1.82, 2.24) is 15.5 Å². The summed E-state index contributed by atoms with van der Waals surface area (Å²) >= 11 is 0. The van der Waals surface area contributed by atoms with Crippen LogP contribution in [0.4, 0.5) is 0 Å². The lowest BCUT2D eigenvalue weighted by Crippen LogP contribution is -2.57. The van der Waals surface area contributed by atoms with E-state index in [0.29, 0.717) is 31.3 Å². The summed E-state index contributed by atoms with van der Waals surface area (Å²) in [5, 5.41) is 6.16. The molecule has 110 valence electrons. The predicted octanol–water partition coefficient (Wildman–Crippen LogP) is 0.748. The number of rotatable bonds is 5. The zero-order chi connectivity index (χ0) is 14.4. The van der Waals surface area contributed by atoms with Gasteiger partial charge in [0.25, 0.3) is 0 Å². The van der Waals surface area contributed by atoms with Gasteiger partial charge in [0, 0.05) is 44.6 Å². The van der Waals surface area contributed by atoms with Crippen molar-refractivity contribution >= 4 is 11.8 Å². The largest absolute Gasteiger partial charge is 0.356 e. The molecule has 0 aliphatic carbocycles. The zero-order valence-corrected chi connectivity index (χ0v) is 12.5. The van der Waals surface area contributed by atoms with E-state index in [9.17, 15) is 9.59 Å². The maximum Gasteiger partial charge on any atom is 0.224 e. The van der Waals surface area contributed by atoms with Gasteiger partial charge >= 0.3 is 0 Å². The van der Waals surface area contributed by atoms with E-state index in [-0.39, 0.29) is 17.9 Å². The molecule has 1 aliphatic rings. The molecule has 0 aromatic rings. The number of nitrogens with zero attached hydrogens (tertiary/aromatic N) is 1. The van der Waals surface area contributed by atoms with Crippen LogP contribution in [0.3, 0.4) is 0 Å². The zero-order valence-electron chi connectivity index (χ0n) is 12.5. The lowest BCUT2D eigenvalue weighted by molar-refractivity contribution is -0.134. The number of piperazine rings is 1. The van der Waals surface area contributed by atoms with E-state index in [0.717, 1.165) is 13.1 Å². The van der Waals surface area contributed by atoms with Crippen molar-refractivity contribution in [2.24, 2.45) is 5.92 Å². The van der Waals surface area contributed by atoms with Crippen LogP contribution in [0, 0.1) is 5.92 Å². The Balaban J connectivity index is 2.29. The molecule has 0 spiro atoms. The number of carbonyl (C=O) groups is 2. The van der Waals surface area contributed by atoms with Crippen molar-refractivity contribution in [3.8, 4) is 0 Å². The van der Waals surface area contributed by atoms with Crippen molar-refractivity contribution in [3.05, 3.63) is 0 Å². The van der Waals surface area contributed by atoms with Crippen molar-refractivity contribution in [2.75, 3.05) is 19.6 Å². The minimum Gasteiger partial charge on any atom is -0.356 e. The molecule has 1 heterocycles. The molecule has 0 radical (unpaired) electrons. The van der Waals surface area contributed by atoms with Gasteiger partial charge in [-0.3, -0.25) is 9.59 Å². The van der Waals surface area contributed by atoms with Crippen LogP contribution in [0.25, 0.3) is 0 Å². The first kappa shape index (κ1) is 16.0. The Labute approximate surface area is 116 Å². The molecule has 0 aromatic carbocycles. The molecule has 5 heteroatoms.